The average Bonchev–Trinajstić information content (AvgIpc) is 3.17. The maximum atomic E-state index is 12.5. The number of rotatable bonds is 7. The van der Waals surface area contributed by atoms with E-state index in [-0.39, 0.29) is 17.5 Å². The molecule has 0 spiro atoms. The van der Waals surface area contributed by atoms with Gasteiger partial charge >= 0.3 is 0 Å². The van der Waals surface area contributed by atoms with E-state index >= 15 is 0 Å². The van der Waals surface area contributed by atoms with Gasteiger partial charge in [0.1, 0.15) is 11.6 Å². The molecule has 0 aromatic carbocycles. The highest BCUT2D eigenvalue weighted by molar-refractivity contribution is 6.09. The quantitative estimate of drug-likeness (QED) is 0.574. The summed E-state index contributed by atoms with van der Waals surface area (Å²) >= 11 is 0. The molecule has 0 radical (unpaired) electrons. The Morgan fingerprint density at radius 2 is 2.11 bits per heavy atom. The number of aromatic nitrogens is 3. The first-order valence-corrected chi connectivity index (χ1v) is 8.94. The van der Waals surface area contributed by atoms with Gasteiger partial charge in [-0.15, -0.1) is 0 Å². The van der Waals surface area contributed by atoms with Crippen molar-refractivity contribution in [2.24, 2.45) is 0 Å². The van der Waals surface area contributed by atoms with Crippen LogP contribution in [0.3, 0.4) is 0 Å². The predicted molar refractivity (Wildman–Crippen MR) is 105 cm³/mol. The normalized spacial score (nSPS) is 12.9. The lowest BCUT2D eigenvalue weighted by atomic mass is 10.1. The van der Waals surface area contributed by atoms with Gasteiger partial charge in [-0.25, -0.2) is 0 Å². The van der Waals surface area contributed by atoms with Crippen molar-refractivity contribution < 1.29 is 9.53 Å². The number of aryl methyl sites for hydroxylation is 1. The van der Waals surface area contributed by atoms with Gasteiger partial charge in [-0.1, -0.05) is 13.8 Å². The molecule has 0 bridgehead atoms. The van der Waals surface area contributed by atoms with Crippen molar-refractivity contribution in [2.45, 2.75) is 46.6 Å². The summed E-state index contributed by atoms with van der Waals surface area (Å²) in [6, 6.07) is 5.89. The number of anilines is 1. The van der Waals surface area contributed by atoms with Crippen molar-refractivity contribution in [2.75, 3.05) is 19.0 Å². The number of hydrogen-bond acceptors (Lipinski definition) is 4. The summed E-state index contributed by atoms with van der Waals surface area (Å²) in [6.45, 7) is 10.7. The third-order valence-electron chi connectivity index (χ3n) is 4.50. The first-order chi connectivity index (χ1) is 12.8. The number of H-pyrrole nitrogens is 1. The molecule has 2 N–H and O–H groups in total. The van der Waals surface area contributed by atoms with Crippen LogP contribution in [0.25, 0.3) is 6.08 Å². The van der Waals surface area contributed by atoms with Crippen LogP contribution in [0.1, 0.15) is 55.4 Å². The number of carbonyl (C=O) groups is 1. The Bertz CT molecular complexity index is 883. The Hall–Kier alpha value is -2.85. The number of amides is 1. The van der Waals surface area contributed by atoms with Crippen LogP contribution in [0.15, 0.2) is 17.7 Å². The van der Waals surface area contributed by atoms with Crippen LogP contribution in [0.2, 0.25) is 0 Å². The third kappa shape index (κ3) is 4.66. The fourth-order valence-electron chi connectivity index (χ4n) is 3.13. The van der Waals surface area contributed by atoms with Crippen LogP contribution < -0.4 is 5.32 Å². The van der Waals surface area contributed by atoms with E-state index in [2.05, 4.69) is 27.0 Å². The van der Waals surface area contributed by atoms with E-state index in [0.29, 0.717) is 12.4 Å². The molecule has 1 unspecified atom stereocenters. The topological polar surface area (TPSA) is 95.7 Å². The van der Waals surface area contributed by atoms with Crippen LogP contribution >= 0.6 is 0 Å². The summed E-state index contributed by atoms with van der Waals surface area (Å²) in [4.78, 5) is 12.5. The van der Waals surface area contributed by atoms with Gasteiger partial charge < -0.3 is 14.6 Å². The molecule has 2 rings (SSSR count). The van der Waals surface area contributed by atoms with Gasteiger partial charge in [-0.05, 0) is 44.4 Å². The zero-order chi connectivity index (χ0) is 20.1. The highest BCUT2D eigenvalue weighted by Crippen LogP contribution is 2.23. The molecule has 2 heterocycles. The van der Waals surface area contributed by atoms with E-state index < -0.39 is 5.91 Å². The largest absolute Gasteiger partial charge is 0.383 e. The molecule has 7 nitrogen and oxygen atoms in total. The molecular formula is C20H27N5O2. The van der Waals surface area contributed by atoms with Crippen LogP contribution in [0, 0.1) is 25.2 Å². The molecule has 0 aliphatic rings. The number of methoxy groups -OCH3 is 1. The maximum Gasteiger partial charge on any atom is 0.267 e. The van der Waals surface area contributed by atoms with Crippen LogP contribution in [-0.2, 0) is 9.53 Å². The molecule has 27 heavy (non-hydrogen) atoms. The summed E-state index contributed by atoms with van der Waals surface area (Å²) in [5.74, 6) is 0.201. The monoisotopic (exact) mass is 369 g/mol. The second kappa shape index (κ2) is 8.69. The van der Waals surface area contributed by atoms with E-state index in [1.54, 1.807) is 19.3 Å². The lowest BCUT2D eigenvalue weighted by Crippen LogP contribution is -2.14. The van der Waals surface area contributed by atoms with E-state index in [4.69, 9.17) is 4.74 Å². The molecule has 0 saturated carbocycles. The summed E-state index contributed by atoms with van der Waals surface area (Å²) in [6.07, 6.45) is 1.61. The van der Waals surface area contributed by atoms with Crippen molar-refractivity contribution in [3.8, 4) is 6.07 Å². The fourth-order valence-corrected chi connectivity index (χ4v) is 3.13. The minimum Gasteiger partial charge on any atom is -0.383 e. The second-order valence-corrected chi connectivity index (χ2v) is 6.99. The predicted octanol–water partition coefficient (Wildman–Crippen LogP) is 3.70. The summed E-state index contributed by atoms with van der Waals surface area (Å²) in [7, 11) is 1.67. The first kappa shape index (κ1) is 20.5. The van der Waals surface area contributed by atoms with E-state index in [1.807, 2.05) is 39.8 Å². The van der Waals surface area contributed by atoms with E-state index in [9.17, 15) is 10.1 Å². The van der Waals surface area contributed by atoms with E-state index in [1.165, 1.54) is 0 Å². The van der Waals surface area contributed by atoms with Crippen molar-refractivity contribution in [3.63, 3.8) is 0 Å². The Kier molecular flexibility index (Phi) is 6.59. The van der Waals surface area contributed by atoms with Crippen molar-refractivity contribution in [3.05, 3.63) is 40.4 Å². The zero-order valence-electron chi connectivity index (χ0n) is 16.8. The SMILES string of the molecule is COCC(C)n1c(C)cc(/C=C(/C#N)C(=O)Nc2cc(C(C)C)[nH]n2)c1C. The Morgan fingerprint density at radius 1 is 1.41 bits per heavy atom. The molecule has 1 amide bonds. The minimum absolute atomic E-state index is 0.0312. The molecule has 7 heteroatoms. The highest BCUT2D eigenvalue weighted by atomic mass is 16.5. The van der Waals surface area contributed by atoms with Gasteiger partial charge in [0, 0.05) is 30.3 Å². The molecule has 0 aliphatic heterocycles. The van der Waals surface area contributed by atoms with Crippen molar-refractivity contribution in [1.82, 2.24) is 14.8 Å². The maximum absolute atomic E-state index is 12.5. The van der Waals surface area contributed by atoms with Gasteiger partial charge in [0.05, 0.1) is 12.6 Å². The van der Waals surface area contributed by atoms with Crippen molar-refractivity contribution >= 4 is 17.8 Å². The standard InChI is InChI=1S/C20H27N5O2/c1-12(2)18-9-19(24-23-18)22-20(26)17(10-21)8-16-7-13(3)25(15(16)5)14(4)11-27-6/h7-9,12,14H,11H2,1-6H3,(H2,22,23,24,26)/b17-8-. The molecule has 144 valence electrons. The lowest BCUT2D eigenvalue weighted by Gasteiger charge is -2.17. The highest BCUT2D eigenvalue weighted by Gasteiger charge is 2.16. The number of nitriles is 1. The molecule has 0 fully saturated rings. The number of carbonyl (C=O) groups excluding carboxylic acids is 1. The number of ether oxygens (including phenoxy) is 1. The Morgan fingerprint density at radius 3 is 2.67 bits per heavy atom. The molecule has 2 aromatic rings. The fraction of sp³-hybridized carbons (Fsp3) is 0.450. The smallest absolute Gasteiger partial charge is 0.267 e. The van der Waals surface area contributed by atoms with Crippen molar-refractivity contribution in [1.29, 1.82) is 5.26 Å². The summed E-state index contributed by atoms with van der Waals surface area (Å²) in [5, 5.41) is 19.1. The van der Waals surface area contributed by atoms with Crippen LogP contribution in [0.5, 0.6) is 0 Å². The minimum atomic E-state index is -0.478. The third-order valence-corrected chi connectivity index (χ3v) is 4.50. The first-order valence-electron chi connectivity index (χ1n) is 8.94. The summed E-state index contributed by atoms with van der Waals surface area (Å²) in [5.41, 5.74) is 3.83. The number of nitrogens with one attached hydrogen (secondary N) is 2. The number of nitrogens with zero attached hydrogens (tertiary/aromatic N) is 3. The van der Waals surface area contributed by atoms with Crippen LogP contribution in [0.4, 0.5) is 5.82 Å². The van der Waals surface area contributed by atoms with Crippen LogP contribution in [-0.4, -0.2) is 34.4 Å². The Balaban J connectivity index is 2.26. The van der Waals surface area contributed by atoms with Gasteiger partial charge in [0.2, 0.25) is 0 Å². The molecule has 2 aromatic heterocycles. The summed E-state index contributed by atoms with van der Waals surface area (Å²) < 4.78 is 7.38. The van der Waals surface area contributed by atoms with Gasteiger partial charge in [-0.2, -0.15) is 10.4 Å². The van der Waals surface area contributed by atoms with Gasteiger partial charge in [0.15, 0.2) is 5.82 Å². The number of hydrogen-bond donors (Lipinski definition) is 2. The van der Waals surface area contributed by atoms with E-state index in [0.717, 1.165) is 22.6 Å². The second-order valence-electron chi connectivity index (χ2n) is 6.99. The Labute approximate surface area is 160 Å². The van der Waals surface area contributed by atoms with Gasteiger partial charge in [0.25, 0.3) is 5.91 Å². The number of aromatic amines is 1. The lowest BCUT2D eigenvalue weighted by molar-refractivity contribution is -0.112. The molecule has 0 saturated heterocycles. The zero-order valence-corrected chi connectivity index (χ0v) is 16.8. The molecular weight excluding hydrogens is 342 g/mol. The van der Waals surface area contributed by atoms with Gasteiger partial charge in [-0.3, -0.25) is 9.89 Å². The molecule has 0 aliphatic carbocycles. The molecule has 1 atom stereocenters. The average molecular weight is 369 g/mol.